The largest absolute Gasteiger partial charge is 0.494 e. The second-order valence-electron chi connectivity index (χ2n) is 5.48. The van der Waals surface area contributed by atoms with E-state index in [2.05, 4.69) is 0 Å². The molecule has 1 saturated heterocycles. The molecule has 1 aliphatic rings. The van der Waals surface area contributed by atoms with Gasteiger partial charge in [0.15, 0.2) is 0 Å². The number of alkyl halides is 3. The van der Waals surface area contributed by atoms with Crippen molar-refractivity contribution in [1.82, 2.24) is 0 Å². The molecular formula is C13H16BF3O2. The van der Waals surface area contributed by atoms with Gasteiger partial charge in [0.2, 0.25) is 0 Å². The van der Waals surface area contributed by atoms with Crippen LogP contribution in [0.1, 0.15) is 32.8 Å². The lowest BCUT2D eigenvalue weighted by atomic mass is 9.75. The third-order valence-corrected chi connectivity index (χ3v) is 3.07. The summed E-state index contributed by atoms with van der Waals surface area (Å²) in [4.78, 5) is 0. The van der Waals surface area contributed by atoms with E-state index in [0.717, 1.165) is 18.6 Å². The maximum absolute atomic E-state index is 12.5. The summed E-state index contributed by atoms with van der Waals surface area (Å²) in [5.41, 5.74) is -0.405. The maximum atomic E-state index is 12.5. The molecule has 0 saturated carbocycles. The molecule has 1 aromatic rings. The van der Waals surface area contributed by atoms with E-state index < -0.39 is 18.9 Å². The first kappa shape index (κ1) is 14.4. The molecule has 104 valence electrons. The Kier molecular flexibility index (Phi) is 3.66. The van der Waals surface area contributed by atoms with Gasteiger partial charge in [-0.05, 0) is 32.7 Å². The molecule has 1 atom stereocenters. The van der Waals surface area contributed by atoms with Crippen LogP contribution in [0.5, 0.6) is 0 Å². The summed E-state index contributed by atoms with van der Waals surface area (Å²) in [6.45, 7) is 5.83. The molecule has 1 unspecified atom stereocenters. The fraction of sp³-hybridized carbons (Fsp3) is 0.538. The predicted octanol–water partition coefficient (Wildman–Crippen LogP) is 3.00. The van der Waals surface area contributed by atoms with Crippen molar-refractivity contribution in [2.45, 2.75) is 45.1 Å². The van der Waals surface area contributed by atoms with Crippen molar-refractivity contribution in [2.75, 3.05) is 0 Å². The van der Waals surface area contributed by atoms with E-state index in [4.69, 9.17) is 9.31 Å². The second-order valence-corrected chi connectivity index (χ2v) is 5.48. The van der Waals surface area contributed by atoms with E-state index in [1.54, 1.807) is 0 Å². The molecule has 0 bridgehead atoms. The average Bonchev–Trinajstić information content (AvgIpc) is 2.25. The molecule has 0 aromatic heterocycles. The van der Waals surface area contributed by atoms with Gasteiger partial charge in [-0.3, -0.25) is 0 Å². The summed E-state index contributed by atoms with van der Waals surface area (Å²) >= 11 is 0. The molecule has 1 fully saturated rings. The fourth-order valence-corrected chi connectivity index (χ4v) is 2.29. The molecule has 0 radical (unpaired) electrons. The molecule has 1 heterocycles. The van der Waals surface area contributed by atoms with Gasteiger partial charge in [0.05, 0.1) is 11.2 Å². The first-order valence-electron chi connectivity index (χ1n) is 6.18. The fourth-order valence-electron chi connectivity index (χ4n) is 2.29. The quantitative estimate of drug-likeness (QED) is 0.732. The highest BCUT2D eigenvalue weighted by Crippen LogP contribution is 2.29. The van der Waals surface area contributed by atoms with Gasteiger partial charge in [0.25, 0.3) is 0 Å². The molecule has 6 heteroatoms. The number of rotatable bonds is 1. The third-order valence-electron chi connectivity index (χ3n) is 3.07. The van der Waals surface area contributed by atoms with Gasteiger partial charge in [0, 0.05) is 6.10 Å². The number of hydrogen-bond donors (Lipinski definition) is 0. The summed E-state index contributed by atoms with van der Waals surface area (Å²) in [5.74, 6) is 0. The highest BCUT2D eigenvalue weighted by molar-refractivity contribution is 6.61. The molecule has 1 aliphatic heterocycles. The van der Waals surface area contributed by atoms with Gasteiger partial charge in [-0.2, -0.15) is 13.2 Å². The summed E-state index contributed by atoms with van der Waals surface area (Å²) < 4.78 is 48.8. The first-order chi connectivity index (χ1) is 8.67. The normalized spacial score (nSPS) is 23.5. The Morgan fingerprint density at radius 1 is 1.21 bits per heavy atom. The lowest BCUT2D eigenvalue weighted by Gasteiger charge is -2.38. The zero-order valence-electron chi connectivity index (χ0n) is 11.1. The van der Waals surface area contributed by atoms with Crippen molar-refractivity contribution in [3.05, 3.63) is 29.8 Å². The molecule has 0 aliphatic carbocycles. The second kappa shape index (κ2) is 4.83. The van der Waals surface area contributed by atoms with Crippen molar-refractivity contribution < 1.29 is 22.5 Å². The van der Waals surface area contributed by atoms with Crippen molar-refractivity contribution in [2.24, 2.45) is 0 Å². The van der Waals surface area contributed by atoms with Crippen LogP contribution >= 0.6 is 0 Å². The smallest absolute Gasteiger partial charge is 0.405 e. The summed E-state index contributed by atoms with van der Waals surface area (Å²) in [7, 11) is -0.610. The number of hydrogen-bond acceptors (Lipinski definition) is 2. The summed E-state index contributed by atoms with van der Waals surface area (Å²) in [6, 6.07) is 4.91. The highest BCUT2D eigenvalue weighted by atomic mass is 19.4. The zero-order chi connectivity index (χ0) is 14.3. The average molecular weight is 272 g/mol. The molecular weight excluding hydrogens is 256 g/mol. The van der Waals surface area contributed by atoms with Gasteiger partial charge in [-0.15, -0.1) is 0 Å². The Bertz CT molecular complexity index is 442. The number of halogens is 3. The van der Waals surface area contributed by atoms with Crippen LogP contribution in [0.3, 0.4) is 0 Å². The van der Waals surface area contributed by atoms with Gasteiger partial charge >= 0.3 is 13.3 Å². The Morgan fingerprint density at radius 2 is 1.79 bits per heavy atom. The van der Waals surface area contributed by atoms with Crippen LogP contribution in [0.25, 0.3) is 0 Å². The van der Waals surface area contributed by atoms with Crippen molar-refractivity contribution in [1.29, 1.82) is 0 Å². The summed E-state index contributed by atoms with van der Waals surface area (Å²) in [5, 5.41) is 0. The lowest BCUT2D eigenvalue weighted by molar-refractivity contribution is -0.137. The molecule has 2 nitrogen and oxygen atoms in total. The van der Waals surface area contributed by atoms with Gasteiger partial charge < -0.3 is 9.31 Å². The molecule has 0 amide bonds. The Balaban J connectivity index is 2.18. The van der Waals surface area contributed by atoms with Crippen LogP contribution in [0.2, 0.25) is 0 Å². The van der Waals surface area contributed by atoms with E-state index in [1.165, 1.54) is 12.1 Å². The van der Waals surface area contributed by atoms with Gasteiger partial charge in [0.1, 0.15) is 0 Å². The third kappa shape index (κ3) is 3.51. The van der Waals surface area contributed by atoms with Crippen molar-refractivity contribution in [3.8, 4) is 0 Å². The van der Waals surface area contributed by atoms with Crippen LogP contribution in [0.4, 0.5) is 13.2 Å². The molecule has 0 N–H and O–H groups in total. The van der Waals surface area contributed by atoms with Crippen LogP contribution in [-0.4, -0.2) is 18.8 Å². The minimum Gasteiger partial charge on any atom is -0.405 e. The van der Waals surface area contributed by atoms with Gasteiger partial charge in [-0.1, -0.05) is 24.3 Å². The Morgan fingerprint density at radius 3 is 2.26 bits per heavy atom. The van der Waals surface area contributed by atoms with Gasteiger partial charge in [-0.25, -0.2) is 0 Å². The number of benzene rings is 1. The topological polar surface area (TPSA) is 18.5 Å². The monoisotopic (exact) mass is 272 g/mol. The Hall–Kier alpha value is -1.01. The van der Waals surface area contributed by atoms with Crippen LogP contribution in [-0.2, 0) is 15.5 Å². The summed E-state index contributed by atoms with van der Waals surface area (Å²) in [6.07, 6.45) is -3.56. The first-order valence-corrected chi connectivity index (χ1v) is 6.18. The van der Waals surface area contributed by atoms with Crippen LogP contribution in [0.15, 0.2) is 24.3 Å². The van der Waals surface area contributed by atoms with Crippen molar-refractivity contribution in [3.63, 3.8) is 0 Å². The SMILES string of the molecule is CC1CC(C)(C)OB(c2ccc(C(F)(F)F)cc2)O1. The molecule has 1 aromatic carbocycles. The van der Waals surface area contributed by atoms with E-state index in [0.29, 0.717) is 5.46 Å². The minimum absolute atomic E-state index is 0.0102. The molecule has 2 rings (SSSR count). The van der Waals surface area contributed by atoms with Crippen molar-refractivity contribution >= 4 is 12.6 Å². The van der Waals surface area contributed by atoms with E-state index in [-0.39, 0.29) is 11.7 Å². The highest BCUT2D eigenvalue weighted by Gasteiger charge is 2.38. The lowest BCUT2D eigenvalue weighted by Crippen LogP contribution is -2.51. The van der Waals surface area contributed by atoms with Crippen LogP contribution < -0.4 is 5.46 Å². The molecule has 0 spiro atoms. The maximum Gasteiger partial charge on any atom is 0.494 e. The predicted molar refractivity (Wildman–Crippen MR) is 67.2 cm³/mol. The minimum atomic E-state index is -4.32. The molecule has 19 heavy (non-hydrogen) atoms. The standard InChI is InChI=1S/C13H16BF3O2/c1-9-8-12(2,3)19-14(18-9)11-6-4-10(5-7-11)13(15,16)17/h4-7,9H,8H2,1-3H3. The van der Waals surface area contributed by atoms with E-state index in [1.807, 2.05) is 20.8 Å². The Labute approximate surface area is 111 Å². The zero-order valence-corrected chi connectivity index (χ0v) is 11.1. The van der Waals surface area contributed by atoms with E-state index >= 15 is 0 Å². The van der Waals surface area contributed by atoms with Crippen LogP contribution in [0, 0.1) is 0 Å². The van der Waals surface area contributed by atoms with E-state index in [9.17, 15) is 13.2 Å².